The van der Waals surface area contributed by atoms with Crippen molar-refractivity contribution in [2.24, 2.45) is 5.10 Å². The third-order valence-electron chi connectivity index (χ3n) is 2.67. The molecule has 0 spiro atoms. The van der Waals surface area contributed by atoms with Crippen LogP contribution in [-0.2, 0) is 11.3 Å². The number of hydrogen-bond donors (Lipinski definition) is 1. The Labute approximate surface area is 125 Å². The summed E-state index contributed by atoms with van der Waals surface area (Å²) in [5.74, 6) is -0.204. The van der Waals surface area contributed by atoms with E-state index in [4.69, 9.17) is 0 Å². The van der Waals surface area contributed by atoms with Gasteiger partial charge in [0.25, 0.3) is 5.91 Å². The molecule has 0 fully saturated rings. The second-order valence-corrected chi connectivity index (χ2v) is 5.35. The minimum Gasteiger partial charge on any atom is -0.271 e. The van der Waals surface area contributed by atoms with Crippen LogP contribution in [0, 0.1) is 13.8 Å². The zero-order chi connectivity index (χ0) is 14.5. The first kappa shape index (κ1) is 14.5. The van der Waals surface area contributed by atoms with Crippen LogP contribution in [0.2, 0.25) is 0 Å². The van der Waals surface area contributed by atoms with E-state index in [0.29, 0.717) is 0 Å². The predicted octanol–water partition coefficient (Wildman–Crippen LogP) is 2.41. The molecule has 0 aliphatic carbocycles. The average molecular weight is 335 g/mol. The van der Waals surface area contributed by atoms with Crippen molar-refractivity contribution in [1.29, 1.82) is 0 Å². The summed E-state index contributed by atoms with van der Waals surface area (Å²) >= 11 is 3.36. The van der Waals surface area contributed by atoms with Crippen molar-refractivity contribution >= 4 is 28.1 Å². The fourth-order valence-corrected chi connectivity index (χ4v) is 2.00. The third-order valence-corrected chi connectivity index (χ3v) is 3.20. The smallest absolute Gasteiger partial charge is 0.261 e. The predicted molar refractivity (Wildman–Crippen MR) is 81.6 cm³/mol. The second kappa shape index (κ2) is 6.47. The third kappa shape index (κ3) is 4.03. The Kier molecular flexibility index (Phi) is 4.68. The average Bonchev–Trinajstić information content (AvgIpc) is 2.70. The highest BCUT2D eigenvalue weighted by atomic mass is 79.9. The molecule has 20 heavy (non-hydrogen) atoms. The lowest BCUT2D eigenvalue weighted by Gasteiger charge is -2.02. The Balaban J connectivity index is 1.89. The molecular weight excluding hydrogens is 320 g/mol. The Morgan fingerprint density at radius 1 is 1.40 bits per heavy atom. The van der Waals surface area contributed by atoms with Crippen LogP contribution in [0.3, 0.4) is 0 Å². The summed E-state index contributed by atoms with van der Waals surface area (Å²) in [7, 11) is 0. The molecule has 1 aromatic heterocycles. The quantitative estimate of drug-likeness (QED) is 0.689. The van der Waals surface area contributed by atoms with Gasteiger partial charge in [-0.2, -0.15) is 10.2 Å². The van der Waals surface area contributed by atoms with Gasteiger partial charge in [0.15, 0.2) is 0 Å². The molecule has 0 aliphatic rings. The maximum atomic E-state index is 11.7. The summed E-state index contributed by atoms with van der Waals surface area (Å²) in [6.45, 7) is 3.98. The molecule has 0 bridgehead atoms. The van der Waals surface area contributed by atoms with E-state index in [1.807, 2.05) is 44.2 Å². The van der Waals surface area contributed by atoms with Gasteiger partial charge in [-0.3, -0.25) is 9.48 Å². The van der Waals surface area contributed by atoms with Gasteiger partial charge in [-0.1, -0.05) is 28.1 Å². The van der Waals surface area contributed by atoms with Gasteiger partial charge in [-0.25, -0.2) is 5.43 Å². The topological polar surface area (TPSA) is 59.3 Å². The summed E-state index contributed by atoms with van der Waals surface area (Å²) < 4.78 is 2.66. The van der Waals surface area contributed by atoms with Crippen LogP contribution in [0.4, 0.5) is 0 Å². The fraction of sp³-hybridized carbons (Fsp3) is 0.214. The lowest BCUT2D eigenvalue weighted by Crippen LogP contribution is -2.24. The summed E-state index contributed by atoms with van der Waals surface area (Å²) in [5.41, 5.74) is 5.26. The van der Waals surface area contributed by atoms with E-state index in [9.17, 15) is 4.79 Å². The van der Waals surface area contributed by atoms with E-state index in [1.165, 1.54) is 0 Å². The highest BCUT2D eigenvalue weighted by molar-refractivity contribution is 9.10. The SMILES string of the molecule is Cc1cc(C)n(CC(=O)NN=Cc2ccc(Br)cc2)n1. The van der Waals surface area contributed by atoms with Crippen molar-refractivity contribution in [1.82, 2.24) is 15.2 Å². The van der Waals surface area contributed by atoms with Crippen molar-refractivity contribution in [2.45, 2.75) is 20.4 Å². The number of nitrogens with zero attached hydrogens (tertiary/aromatic N) is 3. The number of hydrogen-bond acceptors (Lipinski definition) is 3. The number of carbonyl (C=O) groups excluding carboxylic acids is 1. The molecule has 6 heteroatoms. The number of amides is 1. The van der Waals surface area contributed by atoms with Gasteiger partial charge in [-0.05, 0) is 37.6 Å². The molecule has 0 unspecified atom stereocenters. The highest BCUT2D eigenvalue weighted by Crippen LogP contribution is 2.08. The first-order chi connectivity index (χ1) is 9.54. The van der Waals surface area contributed by atoms with Crippen LogP contribution in [-0.4, -0.2) is 21.9 Å². The van der Waals surface area contributed by atoms with E-state index in [2.05, 4.69) is 31.6 Å². The minimum atomic E-state index is -0.204. The van der Waals surface area contributed by atoms with Gasteiger partial charge in [0.05, 0.1) is 11.9 Å². The number of carbonyl (C=O) groups is 1. The number of nitrogens with one attached hydrogen (secondary N) is 1. The molecule has 0 atom stereocenters. The van der Waals surface area contributed by atoms with E-state index in [-0.39, 0.29) is 12.5 Å². The van der Waals surface area contributed by atoms with Crippen LogP contribution in [0.5, 0.6) is 0 Å². The molecular formula is C14H15BrN4O. The molecule has 0 saturated carbocycles. The molecule has 2 aromatic rings. The number of hydrazone groups is 1. The Hall–Kier alpha value is -1.95. The standard InChI is InChI=1S/C14H15BrN4O/c1-10-7-11(2)19(18-10)9-14(20)17-16-8-12-3-5-13(15)6-4-12/h3-8H,9H2,1-2H3,(H,17,20). The maximum absolute atomic E-state index is 11.7. The number of halogens is 1. The van der Waals surface area contributed by atoms with E-state index in [0.717, 1.165) is 21.4 Å². The molecule has 0 radical (unpaired) electrons. The Morgan fingerprint density at radius 2 is 2.10 bits per heavy atom. The number of aromatic nitrogens is 2. The number of benzene rings is 1. The van der Waals surface area contributed by atoms with Crippen LogP contribution in [0.1, 0.15) is 17.0 Å². The van der Waals surface area contributed by atoms with Gasteiger partial charge in [0, 0.05) is 10.2 Å². The van der Waals surface area contributed by atoms with Crippen molar-refractivity contribution in [3.63, 3.8) is 0 Å². The molecule has 2 rings (SSSR count). The van der Waals surface area contributed by atoms with Crippen molar-refractivity contribution in [3.8, 4) is 0 Å². The summed E-state index contributed by atoms with van der Waals surface area (Å²) in [4.78, 5) is 11.7. The largest absolute Gasteiger partial charge is 0.271 e. The molecule has 1 heterocycles. The van der Waals surface area contributed by atoms with Crippen molar-refractivity contribution in [2.75, 3.05) is 0 Å². The zero-order valence-electron chi connectivity index (χ0n) is 11.3. The van der Waals surface area contributed by atoms with Gasteiger partial charge in [0.1, 0.15) is 6.54 Å². The van der Waals surface area contributed by atoms with Gasteiger partial charge in [-0.15, -0.1) is 0 Å². The van der Waals surface area contributed by atoms with Crippen LogP contribution < -0.4 is 5.43 Å². The van der Waals surface area contributed by atoms with Gasteiger partial charge < -0.3 is 0 Å². The highest BCUT2D eigenvalue weighted by Gasteiger charge is 2.05. The fourth-order valence-electron chi connectivity index (χ4n) is 1.73. The first-order valence-corrected chi connectivity index (χ1v) is 6.92. The van der Waals surface area contributed by atoms with E-state index >= 15 is 0 Å². The normalized spacial score (nSPS) is 10.9. The van der Waals surface area contributed by atoms with Crippen LogP contribution >= 0.6 is 15.9 Å². The number of aryl methyl sites for hydroxylation is 2. The van der Waals surface area contributed by atoms with Crippen LogP contribution in [0.15, 0.2) is 39.9 Å². The molecule has 5 nitrogen and oxygen atoms in total. The summed E-state index contributed by atoms with van der Waals surface area (Å²) in [6.07, 6.45) is 1.60. The lowest BCUT2D eigenvalue weighted by molar-refractivity contribution is -0.121. The van der Waals surface area contributed by atoms with Crippen molar-refractivity contribution < 1.29 is 4.79 Å². The Bertz CT molecular complexity index is 631. The molecule has 0 saturated heterocycles. The molecule has 104 valence electrons. The zero-order valence-corrected chi connectivity index (χ0v) is 12.9. The van der Waals surface area contributed by atoms with E-state index in [1.54, 1.807) is 10.9 Å². The first-order valence-electron chi connectivity index (χ1n) is 6.13. The van der Waals surface area contributed by atoms with E-state index < -0.39 is 0 Å². The van der Waals surface area contributed by atoms with Gasteiger partial charge in [0.2, 0.25) is 0 Å². The lowest BCUT2D eigenvalue weighted by atomic mass is 10.2. The minimum absolute atomic E-state index is 0.164. The monoisotopic (exact) mass is 334 g/mol. The summed E-state index contributed by atoms with van der Waals surface area (Å²) in [6, 6.07) is 9.57. The van der Waals surface area contributed by atoms with Crippen molar-refractivity contribution in [3.05, 3.63) is 51.8 Å². The maximum Gasteiger partial charge on any atom is 0.261 e. The second-order valence-electron chi connectivity index (χ2n) is 4.43. The van der Waals surface area contributed by atoms with Gasteiger partial charge >= 0.3 is 0 Å². The molecule has 1 aromatic carbocycles. The molecule has 0 aliphatic heterocycles. The molecule has 1 N–H and O–H groups in total. The van der Waals surface area contributed by atoms with Crippen LogP contribution in [0.25, 0.3) is 0 Å². The summed E-state index contributed by atoms with van der Waals surface area (Å²) in [5, 5.41) is 8.15. The molecule has 1 amide bonds. The Morgan fingerprint density at radius 3 is 2.70 bits per heavy atom. The number of rotatable bonds is 4.